The summed E-state index contributed by atoms with van der Waals surface area (Å²) < 4.78 is 1.31. The Bertz CT molecular complexity index is 643. The van der Waals surface area contributed by atoms with Crippen LogP contribution >= 0.6 is 31.9 Å². The lowest BCUT2D eigenvalue weighted by atomic mass is 10.0. The van der Waals surface area contributed by atoms with Crippen molar-refractivity contribution in [3.63, 3.8) is 0 Å². The molecule has 0 heterocycles. The van der Waals surface area contributed by atoms with Crippen molar-refractivity contribution in [2.45, 2.75) is 6.04 Å². The molecule has 0 aliphatic rings. The third-order valence-electron chi connectivity index (χ3n) is 2.64. The molecule has 6 heteroatoms. The number of fused-ring (bicyclic) bond motifs is 1. The van der Waals surface area contributed by atoms with Gasteiger partial charge in [0.2, 0.25) is 0 Å². The van der Waals surface area contributed by atoms with Crippen LogP contribution in [0.15, 0.2) is 33.2 Å². The standard InChI is InChI=1S/C12H9Br2NO3/c13-6-1-2-7-5(3-6)4-8(10(15)12(17)18)11(16)9(7)14/h1-4,10,16H,15H2,(H,17,18)/t10-/m0/s1. The van der Waals surface area contributed by atoms with E-state index < -0.39 is 12.0 Å². The van der Waals surface area contributed by atoms with Crippen LogP contribution in [0.3, 0.4) is 0 Å². The van der Waals surface area contributed by atoms with Crippen LogP contribution in [0, 0.1) is 0 Å². The number of benzene rings is 2. The summed E-state index contributed by atoms with van der Waals surface area (Å²) >= 11 is 6.60. The Morgan fingerprint density at radius 1 is 1.28 bits per heavy atom. The van der Waals surface area contributed by atoms with Crippen LogP contribution in [-0.4, -0.2) is 16.2 Å². The van der Waals surface area contributed by atoms with Gasteiger partial charge in [-0.05, 0) is 44.9 Å². The Labute approximate surface area is 120 Å². The maximum Gasteiger partial charge on any atom is 0.325 e. The number of phenols is 1. The predicted molar refractivity (Wildman–Crippen MR) is 75.6 cm³/mol. The Morgan fingerprint density at radius 2 is 1.94 bits per heavy atom. The van der Waals surface area contributed by atoms with Crippen LogP contribution in [0.5, 0.6) is 5.75 Å². The highest BCUT2D eigenvalue weighted by atomic mass is 79.9. The number of hydrogen-bond donors (Lipinski definition) is 3. The average Bonchev–Trinajstić information content (AvgIpc) is 2.32. The van der Waals surface area contributed by atoms with Gasteiger partial charge >= 0.3 is 5.97 Å². The highest BCUT2D eigenvalue weighted by Crippen LogP contribution is 2.38. The number of halogens is 2. The molecule has 0 unspecified atom stereocenters. The van der Waals surface area contributed by atoms with Gasteiger partial charge in [-0.25, -0.2) is 0 Å². The monoisotopic (exact) mass is 373 g/mol. The van der Waals surface area contributed by atoms with E-state index in [9.17, 15) is 9.90 Å². The van der Waals surface area contributed by atoms with Crippen molar-refractivity contribution in [2.24, 2.45) is 5.73 Å². The minimum absolute atomic E-state index is 0.139. The third kappa shape index (κ3) is 2.23. The van der Waals surface area contributed by atoms with Crippen molar-refractivity contribution >= 4 is 48.6 Å². The van der Waals surface area contributed by atoms with Crippen molar-refractivity contribution in [2.75, 3.05) is 0 Å². The van der Waals surface area contributed by atoms with Crippen molar-refractivity contribution < 1.29 is 15.0 Å². The van der Waals surface area contributed by atoms with E-state index in [0.717, 1.165) is 15.2 Å². The number of carboxylic acids is 1. The molecule has 2 aromatic carbocycles. The smallest absolute Gasteiger partial charge is 0.325 e. The van der Waals surface area contributed by atoms with E-state index >= 15 is 0 Å². The summed E-state index contributed by atoms with van der Waals surface area (Å²) in [5.41, 5.74) is 5.73. The van der Waals surface area contributed by atoms with Gasteiger partial charge in [0.15, 0.2) is 0 Å². The second-order valence-corrected chi connectivity index (χ2v) is 5.52. The van der Waals surface area contributed by atoms with Crippen LogP contribution in [0.2, 0.25) is 0 Å². The van der Waals surface area contributed by atoms with Crippen molar-refractivity contribution in [1.82, 2.24) is 0 Å². The lowest BCUT2D eigenvalue weighted by Crippen LogP contribution is -2.20. The first-order chi connectivity index (χ1) is 8.41. The van der Waals surface area contributed by atoms with E-state index in [2.05, 4.69) is 31.9 Å². The van der Waals surface area contributed by atoms with Gasteiger partial charge in [-0.1, -0.05) is 22.0 Å². The zero-order valence-corrected chi connectivity index (χ0v) is 12.2. The molecule has 0 bridgehead atoms. The summed E-state index contributed by atoms with van der Waals surface area (Å²) in [4.78, 5) is 10.9. The van der Waals surface area contributed by atoms with Crippen molar-refractivity contribution in [1.29, 1.82) is 0 Å². The zero-order valence-electron chi connectivity index (χ0n) is 9.02. The van der Waals surface area contributed by atoms with Crippen molar-refractivity contribution in [3.8, 4) is 5.75 Å². The molecule has 18 heavy (non-hydrogen) atoms. The number of aromatic hydroxyl groups is 1. The molecular weight excluding hydrogens is 366 g/mol. The van der Waals surface area contributed by atoms with E-state index in [1.165, 1.54) is 0 Å². The minimum Gasteiger partial charge on any atom is -0.506 e. The van der Waals surface area contributed by atoms with Gasteiger partial charge in [0.25, 0.3) is 0 Å². The average molecular weight is 375 g/mol. The minimum atomic E-state index is -1.26. The molecule has 0 saturated heterocycles. The van der Waals surface area contributed by atoms with E-state index in [4.69, 9.17) is 10.8 Å². The summed E-state index contributed by atoms with van der Waals surface area (Å²) in [6.07, 6.45) is 0. The molecule has 0 radical (unpaired) electrons. The normalized spacial score (nSPS) is 12.6. The number of carboxylic acid groups (broad SMARTS) is 1. The van der Waals surface area contributed by atoms with E-state index in [-0.39, 0.29) is 11.3 Å². The van der Waals surface area contributed by atoms with E-state index in [1.54, 1.807) is 6.07 Å². The summed E-state index contributed by atoms with van der Waals surface area (Å²) in [7, 11) is 0. The number of rotatable bonds is 2. The SMILES string of the molecule is N[C@H](C(=O)O)c1cc2cc(Br)ccc2c(Br)c1O. The van der Waals surface area contributed by atoms with Crippen LogP contribution in [0.1, 0.15) is 11.6 Å². The largest absolute Gasteiger partial charge is 0.506 e. The molecule has 0 saturated carbocycles. The van der Waals surface area contributed by atoms with Crippen LogP contribution < -0.4 is 5.73 Å². The molecule has 0 amide bonds. The molecule has 2 aromatic rings. The molecule has 0 aliphatic heterocycles. The number of carbonyl (C=O) groups is 1. The second-order valence-electron chi connectivity index (χ2n) is 3.81. The fraction of sp³-hybridized carbons (Fsp3) is 0.0833. The maximum absolute atomic E-state index is 10.9. The first-order valence-corrected chi connectivity index (χ1v) is 6.59. The molecule has 2 rings (SSSR count). The Kier molecular flexibility index (Phi) is 3.61. The molecular formula is C12H9Br2NO3. The molecule has 0 aliphatic carbocycles. The zero-order chi connectivity index (χ0) is 13.4. The van der Waals surface area contributed by atoms with Gasteiger partial charge in [-0.3, -0.25) is 4.79 Å². The lowest BCUT2D eigenvalue weighted by Gasteiger charge is -2.13. The van der Waals surface area contributed by atoms with E-state index in [1.807, 2.05) is 18.2 Å². The predicted octanol–water partition coefficient (Wildman–Crippen LogP) is 3.15. The number of aliphatic carboxylic acids is 1. The highest BCUT2D eigenvalue weighted by molar-refractivity contribution is 9.11. The lowest BCUT2D eigenvalue weighted by molar-refractivity contribution is -0.138. The fourth-order valence-corrected chi connectivity index (χ4v) is 2.68. The van der Waals surface area contributed by atoms with Crippen LogP contribution in [0.25, 0.3) is 10.8 Å². The summed E-state index contributed by atoms with van der Waals surface area (Å²) in [6.45, 7) is 0. The molecule has 0 spiro atoms. The van der Waals surface area contributed by atoms with Crippen LogP contribution in [0.4, 0.5) is 0 Å². The molecule has 94 valence electrons. The summed E-state index contributed by atoms with van der Waals surface area (Å²) in [5, 5.41) is 20.5. The molecule has 1 atom stereocenters. The highest BCUT2D eigenvalue weighted by Gasteiger charge is 2.21. The van der Waals surface area contributed by atoms with Gasteiger partial charge in [-0.2, -0.15) is 0 Å². The van der Waals surface area contributed by atoms with Gasteiger partial charge in [0.05, 0.1) is 4.47 Å². The molecule has 0 aromatic heterocycles. The molecule has 0 fully saturated rings. The Hall–Kier alpha value is -1.11. The quantitative estimate of drug-likeness (QED) is 0.753. The maximum atomic E-state index is 10.9. The van der Waals surface area contributed by atoms with E-state index in [0.29, 0.717) is 4.47 Å². The van der Waals surface area contributed by atoms with Gasteiger partial charge in [0.1, 0.15) is 11.8 Å². The first-order valence-electron chi connectivity index (χ1n) is 5.01. The Morgan fingerprint density at radius 3 is 2.56 bits per heavy atom. The number of nitrogens with two attached hydrogens (primary N) is 1. The third-order valence-corrected chi connectivity index (χ3v) is 3.94. The second kappa shape index (κ2) is 4.87. The van der Waals surface area contributed by atoms with Crippen molar-refractivity contribution in [3.05, 3.63) is 38.8 Å². The topological polar surface area (TPSA) is 83.6 Å². The van der Waals surface area contributed by atoms with Crippen LogP contribution in [-0.2, 0) is 4.79 Å². The number of hydrogen-bond acceptors (Lipinski definition) is 3. The summed E-state index contributed by atoms with van der Waals surface area (Å²) in [6, 6.07) is 5.81. The fourth-order valence-electron chi connectivity index (χ4n) is 1.71. The first kappa shape index (κ1) is 13.3. The van der Waals surface area contributed by atoms with Gasteiger partial charge in [0, 0.05) is 10.0 Å². The Balaban J connectivity index is 2.76. The number of phenolic OH excluding ortho intramolecular Hbond substituents is 1. The molecule has 4 N–H and O–H groups in total. The summed E-state index contributed by atoms with van der Waals surface area (Å²) in [5.74, 6) is -1.33. The van der Waals surface area contributed by atoms with Gasteiger partial charge in [-0.15, -0.1) is 0 Å². The van der Waals surface area contributed by atoms with Gasteiger partial charge < -0.3 is 15.9 Å². The molecule has 4 nitrogen and oxygen atoms in total.